The van der Waals surface area contributed by atoms with E-state index in [-0.39, 0.29) is 24.4 Å². The number of piperidine rings is 1. The first-order valence-corrected chi connectivity index (χ1v) is 10.6. The summed E-state index contributed by atoms with van der Waals surface area (Å²) in [4.78, 5) is 27.1. The number of hydrogen-bond acceptors (Lipinski definition) is 3. The second kappa shape index (κ2) is 8.72. The van der Waals surface area contributed by atoms with Crippen LogP contribution < -0.4 is 10.6 Å². The molecule has 3 amide bonds. The number of nitrogens with one attached hydrogen (secondary N) is 2. The van der Waals surface area contributed by atoms with Gasteiger partial charge < -0.3 is 15.5 Å². The van der Waals surface area contributed by atoms with E-state index in [1.165, 1.54) is 6.42 Å². The number of benzene rings is 1. The van der Waals surface area contributed by atoms with Crippen LogP contribution in [-0.4, -0.2) is 46.6 Å². The molecule has 0 bridgehead atoms. The standard InChI is InChI=1S/C18H23Cl2N3O2S/c19-18(20)10-13(18)12-26-15-7-3-2-6-14(15)22-17(25)21-11-16(24)23-8-4-1-5-9-23/h2-3,6-7,13H,1,4-5,8-12H2,(H2,21,22,25). The number of halogens is 2. The molecule has 1 atom stereocenters. The van der Waals surface area contributed by atoms with Gasteiger partial charge in [-0.15, -0.1) is 35.0 Å². The van der Waals surface area contributed by atoms with E-state index in [4.69, 9.17) is 23.2 Å². The molecule has 3 rings (SSSR count). The van der Waals surface area contributed by atoms with E-state index in [0.717, 1.165) is 48.7 Å². The fraction of sp³-hybridized carbons (Fsp3) is 0.556. The molecule has 1 aromatic rings. The minimum atomic E-state index is -0.596. The molecular weight excluding hydrogens is 393 g/mol. The molecule has 1 aromatic carbocycles. The van der Waals surface area contributed by atoms with Crippen molar-refractivity contribution in [2.24, 2.45) is 5.92 Å². The van der Waals surface area contributed by atoms with E-state index >= 15 is 0 Å². The SMILES string of the molecule is O=C(NCC(=O)N1CCCCC1)Nc1ccccc1SCC1CC1(Cl)Cl. The van der Waals surface area contributed by atoms with Gasteiger partial charge in [0.25, 0.3) is 0 Å². The summed E-state index contributed by atoms with van der Waals surface area (Å²) >= 11 is 13.8. The number of hydrogen-bond donors (Lipinski definition) is 2. The Hall–Kier alpha value is -1.11. The maximum absolute atomic E-state index is 12.2. The lowest BCUT2D eigenvalue weighted by molar-refractivity contribution is -0.130. The van der Waals surface area contributed by atoms with E-state index in [1.807, 2.05) is 29.2 Å². The van der Waals surface area contributed by atoms with Crippen LogP contribution in [0.3, 0.4) is 0 Å². The van der Waals surface area contributed by atoms with Crippen molar-refractivity contribution in [3.8, 4) is 0 Å². The number of amides is 3. The fourth-order valence-electron chi connectivity index (χ4n) is 2.91. The molecule has 26 heavy (non-hydrogen) atoms. The van der Waals surface area contributed by atoms with Crippen molar-refractivity contribution in [1.29, 1.82) is 0 Å². The molecule has 0 radical (unpaired) electrons. The Morgan fingerprint density at radius 3 is 2.58 bits per heavy atom. The summed E-state index contributed by atoms with van der Waals surface area (Å²) in [6, 6.07) is 7.20. The molecule has 2 aliphatic rings. The van der Waals surface area contributed by atoms with E-state index in [2.05, 4.69) is 10.6 Å². The van der Waals surface area contributed by atoms with Gasteiger partial charge in [0.1, 0.15) is 4.33 Å². The summed E-state index contributed by atoms with van der Waals surface area (Å²) in [5.74, 6) is 1.05. The van der Waals surface area contributed by atoms with Gasteiger partial charge in [-0.3, -0.25) is 4.79 Å². The number of carbonyl (C=O) groups is 2. The van der Waals surface area contributed by atoms with Gasteiger partial charge in [0.05, 0.1) is 12.2 Å². The lowest BCUT2D eigenvalue weighted by Crippen LogP contribution is -2.43. The van der Waals surface area contributed by atoms with Crippen molar-refractivity contribution >= 4 is 52.6 Å². The first kappa shape index (κ1) is 19.6. The van der Waals surface area contributed by atoms with E-state index in [0.29, 0.717) is 0 Å². The molecule has 5 nitrogen and oxygen atoms in total. The van der Waals surface area contributed by atoms with Crippen LogP contribution in [0.2, 0.25) is 0 Å². The van der Waals surface area contributed by atoms with Crippen LogP contribution >= 0.6 is 35.0 Å². The molecule has 0 spiro atoms. The molecule has 2 fully saturated rings. The van der Waals surface area contributed by atoms with Crippen molar-refractivity contribution in [2.45, 2.75) is 34.9 Å². The summed E-state index contributed by atoms with van der Waals surface area (Å²) in [5.41, 5.74) is 0.718. The van der Waals surface area contributed by atoms with Gasteiger partial charge >= 0.3 is 6.03 Å². The molecule has 1 saturated carbocycles. The fourth-order valence-corrected chi connectivity index (χ4v) is 4.86. The Morgan fingerprint density at radius 2 is 1.88 bits per heavy atom. The van der Waals surface area contributed by atoms with Gasteiger partial charge in [0.2, 0.25) is 5.91 Å². The molecule has 1 heterocycles. The lowest BCUT2D eigenvalue weighted by atomic mass is 10.1. The molecule has 1 unspecified atom stereocenters. The molecule has 142 valence electrons. The zero-order valence-corrected chi connectivity index (χ0v) is 16.8. The Bertz CT molecular complexity index is 666. The number of likely N-dealkylation sites (tertiary alicyclic amines) is 1. The number of carbonyl (C=O) groups excluding carboxylic acids is 2. The smallest absolute Gasteiger partial charge is 0.319 e. The predicted molar refractivity (Wildman–Crippen MR) is 107 cm³/mol. The van der Waals surface area contributed by atoms with Crippen LogP contribution in [0.1, 0.15) is 25.7 Å². The third-order valence-corrected chi connectivity index (χ3v) is 6.80. The quantitative estimate of drug-likeness (QED) is 0.542. The first-order valence-electron chi connectivity index (χ1n) is 8.88. The first-order chi connectivity index (χ1) is 12.5. The predicted octanol–water partition coefficient (Wildman–Crippen LogP) is 4.11. The molecule has 0 aromatic heterocycles. The van der Waals surface area contributed by atoms with Crippen LogP contribution in [0.15, 0.2) is 29.2 Å². The maximum atomic E-state index is 12.2. The zero-order chi connectivity index (χ0) is 18.6. The number of para-hydroxylation sites is 1. The minimum absolute atomic E-state index is 0.0181. The third-order valence-electron chi connectivity index (χ3n) is 4.64. The Balaban J connectivity index is 1.47. The molecule has 8 heteroatoms. The number of alkyl halides is 2. The van der Waals surface area contributed by atoms with Crippen molar-refractivity contribution in [3.63, 3.8) is 0 Å². The van der Waals surface area contributed by atoms with Crippen LogP contribution in [0.25, 0.3) is 0 Å². The molecule has 1 saturated heterocycles. The average Bonchev–Trinajstić information content (AvgIpc) is 3.26. The van der Waals surface area contributed by atoms with Crippen LogP contribution in [0.5, 0.6) is 0 Å². The Morgan fingerprint density at radius 1 is 1.19 bits per heavy atom. The van der Waals surface area contributed by atoms with Gasteiger partial charge in [-0.25, -0.2) is 4.79 Å². The number of thioether (sulfide) groups is 1. The Kier molecular flexibility index (Phi) is 6.59. The van der Waals surface area contributed by atoms with Gasteiger partial charge in [-0.1, -0.05) is 12.1 Å². The highest BCUT2D eigenvalue weighted by Gasteiger charge is 2.51. The third kappa shape index (κ3) is 5.44. The molecule has 1 aliphatic heterocycles. The minimum Gasteiger partial charge on any atom is -0.341 e. The van der Waals surface area contributed by atoms with E-state index in [1.54, 1.807) is 11.8 Å². The van der Waals surface area contributed by atoms with E-state index in [9.17, 15) is 9.59 Å². The molecular formula is C18H23Cl2N3O2S. The van der Waals surface area contributed by atoms with Gasteiger partial charge in [0, 0.05) is 29.7 Å². The van der Waals surface area contributed by atoms with Crippen molar-refractivity contribution in [2.75, 3.05) is 30.7 Å². The van der Waals surface area contributed by atoms with Gasteiger partial charge in [-0.05, 0) is 37.8 Å². The number of urea groups is 1. The van der Waals surface area contributed by atoms with E-state index < -0.39 is 4.33 Å². The summed E-state index contributed by atoms with van der Waals surface area (Å²) in [6.07, 6.45) is 4.05. The average molecular weight is 416 g/mol. The monoisotopic (exact) mass is 415 g/mol. The van der Waals surface area contributed by atoms with Crippen molar-refractivity contribution < 1.29 is 9.59 Å². The second-order valence-corrected chi connectivity index (χ2v) is 9.32. The molecule has 1 aliphatic carbocycles. The van der Waals surface area contributed by atoms with Gasteiger partial charge in [-0.2, -0.15) is 0 Å². The Labute approximate surface area is 168 Å². The molecule has 2 N–H and O–H groups in total. The number of rotatable bonds is 6. The van der Waals surface area contributed by atoms with Crippen molar-refractivity contribution in [3.05, 3.63) is 24.3 Å². The summed E-state index contributed by atoms with van der Waals surface area (Å²) < 4.78 is -0.596. The maximum Gasteiger partial charge on any atom is 0.319 e. The largest absolute Gasteiger partial charge is 0.341 e. The highest BCUT2D eigenvalue weighted by atomic mass is 35.5. The highest BCUT2D eigenvalue weighted by molar-refractivity contribution is 7.99. The number of nitrogens with zero attached hydrogens (tertiary/aromatic N) is 1. The highest BCUT2D eigenvalue weighted by Crippen LogP contribution is 2.55. The number of anilines is 1. The van der Waals surface area contributed by atoms with Crippen LogP contribution in [0, 0.1) is 5.92 Å². The lowest BCUT2D eigenvalue weighted by Gasteiger charge is -2.26. The zero-order valence-electron chi connectivity index (χ0n) is 14.5. The van der Waals surface area contributed by atoms with Gasteiger partial charge in [0.15, 0.2) is 0 Å². The van der Waals surface area contributed by atoms with Crippen LogP contribution in [-0.2, 0) is 4.79 Å². The van der Waals surface area contributed by atoms with Crippen LogP contribution in [0.4, 0.5) is 10.5 Å². The second-order valence-electron chi connectivity index (χ2n) is 6.72. The van der Waals surface area contributed by atoms with Crippen molar-refractivity contribution in [1.82, 2.24) is 10.2 Å². The summed E-state index contributed by atoms with van der Waals surface area (Å²) in [7, 11) is 0. The normalized spacial score (nSPS) is 21.2. The summed E-state index contributed by atoms with van der Waals surface area (Å²) in [5, 5.41) is 5.48. The summed E-state index contributed by atoms with van der Waals surface area (Å²) in [6.45, 7) is 1.58. The topological polar surface area (TPSA) is 61.4 Å².